The summed E-state index contributed by atoms with van der Waals surface area (Å²) in [6.07, 6.45) is 0.993. The summed E-state index contributed by atoms with van der Waals surface area (Å²) >= 11 is 6.32. The average molecular weight is 650 g/mol. The van der Waals surface area contributed by atoms with Crippen LogP contribution in [0.15, 0.2) is 55.1 Å². The zero-order valence-electron chi connectivity index (χ0n) is 25.5. The van der Waals surface area contributed by atoms with Crippen molar-refractivity contribution in [3.63, 3.8) is 0 Å². The lowest BCUT2D eigenvalue weighted by atomic mass is 9.95. The molecular weight excluding hydrogens is 614 g/mol. The fraction of sp³-hybridized carbons (Fsp3) is 0.382. The Hall–Kier alpha value is -4.48. The van der Waals surface area contributed by atoms with E-state index in [1.807, 2.05) is 24.3 Å². The van der Waals surface area contributed by atoms with Gasteiger partial charge >= 0.3 is 6.09 Å². The molecule has 0 aliphatic carbocycles. The number of alkyl halides is 1. The molecule has 2 N–H and O–H groups in total. The van der Waals surface area contributed by atoms with Gasteiger partial charge in [0, 0.05) is 48.8 Å². The highest BCUT2D eigenvalue weighted by Crippen LogP contribution is 2.46. The van der Waals surface area contributed by atoms with E-state index in [1.165, 1.54) is 25.3 Å². The Morgan fingerprint density at radius 1 is 1.13 bits per heavy atom. The van der Waals surface area contributed by atoms with Gasteiger partial charge in [0.2, 0.25) is 5.91 Å². The molecule has 11 nitrogen and oxygen atoms in total. The van der Waals surface area contributed by atoms with Crippen LogP contribution in [-0.4, -0.2) is 84.6 Å². The van der Waals surface area contributed by atoms with Crippen molar-refractivity contribution in [1.29, 1.82) is 0 Å². The summed E-state index contributed by atoms with van der Waals surface area (Å²) in [5.41, 5.74) is 1.93. The van der Waals surface area contributed by atoms with Crippen LogP contribution in [0.4, 0.5) is 16.2 Å². The number of phenolic OH excluding ortho intramolecular Hbond substituents is 1. The number of amides is 3. The third kappa shape index (κ3) is 5.47. The van der Waals surface area contributed by atoms with E-state index < -0.39 is 18.4 Å². The fourth-order valence-corrected chi connectivity index (χ4v) is 7.00. The summed E-state index contributed by atoms with van der Waals surface area (Å²) < 4.78 is 16.9. The smallest absolute Gasteiger partial charge is 0.416 e. The number of aromatic hydroxyl groups is 1. The van der Waals surface area contributed by atoms with Crippen LogP contribution >= 0.6 is 11.6 Å². The number of hydrogen-bond acceptors (Lipinski definition) is 8. The number of hydrogen-bond donors (Lipinski definition) is 2. The van der Waals surface area contributed by atoms with Crippen LogP contribution in [0.3, 0.4) is 0 Å². The van der Waals surface area contributed by atoms with Gasteiger partial charge in [-0.15, -0.1) is 11.6 Å². The van der Waals surface area contributed by atoms with Crippen molar-refractivity contribution in [2.24, 2.45) is 0 Å². The molecule has 1 saturated heterocycles. The van der Waals surface area contributed by atoms with Gasteiger partial charge in [-0.3, -0.25) is 9.59 Å². The Balaban J connectivity index is 1.21. The second kappa shape index (κ2) is 13.1. The summed E-state index contributed by atoms with van der Waals surface area (Å²) in [5, 5.41) is 23.6. The van der Waals surface area contributed by atoms with Crippen LogP contribution in [-0.2, 0) is 9.53 Å². The summed E-state index contributed by atoms with van der Waals surface area (Å²) in [6.45, 7) is 4.49. The quantitative estimate of drug-likeness (QED) is 0.185. The van der Waals surface area contributed by atoms with Crippen molar-refractivity contribution in [3.8, 4) is 17.2 Å². The van der Waals surface area contributed by atoms with Crippen molar-refractivity contribution in [2.75, 3.05) is 49.1 Å². The molecule has 3 aliphatic heterocycles. The molecule has 3 aliphatic rings. The Morgan fingerprint density at radius 3 is 2.65 bits per heavy atom. The first kappa shape index (κ1) is 31.5. The molecule has 3 amide bonds. The van der Waals surface area contributed by atoms with Crippen LogP contribution in [0.1, 0.15) is 47.5 Å². The number of phenols is 1. The Bertz CT molecular complexity index is 1700. The number of fused-ring (bicyclic) bond motifs is 5. The SMILES string of the molecule is C=CCOC(=O)N1c2cc(OCCCC(=O)N3C[C@@H](CCl)c4c3cc(O)c3ccccc43)c(OC)cc2C(=O)N2CCC[C@H]2C1O. The average Bonchev–Trinajstić information content (AvgIpc) is 3.69. The number of rotatable bonds is 9. The largest absolute Gasteiger partial charge is 0.507 e. The summed E-state index contributed by atoms with van der Waals surface area (Å²) in [6, 6.07) is 11.6. The van der Waals surface area contributed by atoms with Crippen LogP contribution in [0.5, 0.6) is 17.2 Å². The van der Waals surface area contributed by atoms with Gasteiger partial charge in [0.25, 0.3) is 5.91 Å². The second-order valence-corrected chi connectivity index (χ2v) is 11.9. The minimum atomic E-state index is -1.33. The topological polar surface area (TPSA) is 129 Å². The molecule has 0 radical (unpaired) electrons. The van der Waals surface area contributed by atoms with E-state index in [1.54, 1.807) is 15.9 Å². The van der Waals surface area contributed by atoms with Crippen LogP contribution in [0.25, 0.3) is 10.8 Å². The lowest BCUT2D eigenvalue weighted by Gasteiger charge is -2.31. The lowest BCUT2D eigenvalue weighted by molar-refractivity contribution is -0.118. The number of anilines is 2. The van der Waals surface area contributed by atoms with E-state index in [9.17, 15) is 24.6 Å². The molecule has 12 heteroatoms. The van der Waals surface area contributed by atoms with E-state index >= 15 is 0 Å². The van der Waals surface area contributed by atoms with Crippen molar-refractivity contribution in [2.45, 2.75) is 43.9 Å². The van der Waals surface area contributed by atoms with Gasteiger partial charge in [-0.25, -0.2) is 9.69 Å². The van der Waals surface area contributed by atoms with Gasteiger partial charge in [-0.1, -0.05) is 36.9 Å². The molecule has 1 fully saturated rings. The van der Waals surface area contributed by atoms with Crippen molar-refractivity contribution < 1.29 is 38.8 Å². The number of methoxy groups -OCH3 is 1. The summed E-state index contributed by atoms with van der Waals surface area (Å²) in [7, 11) is 1.44. The van der Waals surface area contributed by atoms with Gasteiger partial charge in [-0.05, 0) is 36.3 Å². The molecular formula is C34H36ClN3O8. The monoisotopic (exact) mass is 649 g/mol. The number of carbonyl (C=O) groups is 3. The lowest BCUT2D eigenvalue weighted by Crippen LogP contribution is -2.50. The third-order valence-corrected chi connectivity index (χ3v) is 9.26. The second-order valence-electron chi connectivity index (χ2n) is 11.6. The maximum absolute atomic E-state index is 13.6. The zero-order valence-corrected chi connectivity index (χ0v) is 26.2. The first-order valence-corrected chi connectivity index (χ1v) is 15.8. The van der Waals surface area contributed by atoms with E-state index in [-0.39, 0.29) is 65.9 Å². The van der Waals surface area contributed by atoms with E-state index in [4.69, 9.17) is 25.8 Å². The highest BCUT2D eigenvalue weighted by Gasteiger charge is 2.45. The Labute approximate surface area is 271 Å². The minimum absolute atomic E-state index is 0.0683. The Morgan fingerprint density at radius 2 is 1.91 bits per heavy atom. The molecule has 3 aromatic rings. The molecule has 1 unspecified atom stereocenters. The van der Waals surface area contributed by atoms with Crippen LogP contribution < -0.4 is 19.3 Å². The van der Waals surface area contributed by atoms with Gasteiger partial charge in [0.1, 0.15) is 12.4 Å². The zero-order chi connectivity index (χ0) is 32.5. The van der Waals surface area contributed by atoms with Gasteiger partial charge < -0.3 is 34.2 Å². The maximum atomic E-state index is 13.6. The predicted molar refractivity (Wildman–Crippen MR) is 173 cm³/mol. The minimum Gasteiger partial charge on any atom is -0.507 e. The molecule has 46 heavy (non-hydrogen) atoms. The normalized spacial score (nSPS) is 20.2. The molecule has 6 rings (SSSR count). The highest BCUT2D eigenvalue weighted by molar-refractivity contribution is 6.19. The number of nitrogens with zero attached hydrogens (tertiary/aromatic N) is 3. The summed E-state index contributed by atoms with van der Waals surface area (Å²) in [4.78, 5) is 44.5. The molecule has 0 spiro atoms. The highest BCUT2D eigenvalue weighted by atomic mass is 35.5. The van der Waals surface area contributed by atoms with Crippen LogP contribution in [0, 0.1) is 0 Å². The molecule has 3 atom stereocenters. The molecule has 242 valence electrons. The standard InChI is InChI=1S/C34H36ClN3O8/c1-3-13-46-34(43)38-25-17-29(28(44-2)15-23(25)32(41)36-12-6-10-24(36)33(38)42)45-14-7-11-30(40)37-19-20(18-35)31-22-9-5-4-8-21(22)27(39)16-26(31)37/h3-5,8-9,15-17,20,24,33,39,42H,1,6-7,10-14,18-19H2,2H3/t20-,24+,33?/m1/s1. The number of aliphatic hydroxyl groups is 1. The van der Waals surface area contributed by atoms with E-state index in [2.05, 4.69) is 6.58 Å². The van der Waals surface area contributed by atoms with Gasteiger partial charge in [-0.2, -0.15) is 0 Å². The van der Waals surface area contributed by atoms with E-state index in [0.29, 0.717) is 43.9 Å². The molecule has 0 aromatic heterocycles. The Kier molecular flexibility index (Phi) is 8.97. The number of benzene rings is 3. The predicted octanol–water partition coefficient (Wildman–Crippen LogP) is 5.15. The summed E-state index contributed by atoms with van der Waals surface area (Å²) in [5.74, 6) is 0.417. The number of aliphatic hydroxyl groups excluding tert-OH is 1. The number of carbonyl (C=O) groups excluding carboxylic acids is 3. The maximum Gasteiger partial charge on any atom is 0.416 e. The van der Waals surface area contributed by atoms with Crippen molar-refractivity contribution >= 4 is 51.7 Å². The molecule has 0 bridgehead atoms. The fourth-order valence-electron chi connectivity index (χ4n) is 6.75. The number of halogens is 1. The van der Waals surface area contributed by atoms with Gasteiger partial charge in [0.15, 0.2) is 17.7 Å². The molecule has 0 saturated carbocycles. The molecule has 3 aromatic carbocycles. The first-order chi connectivity index (χ1) is 22.3. The van der Waals surface area contributed by atoms with E-state index in [0.717, 1.165) is 21.2 Å². The first-order valence-electron chi connectivity index (χ1n) is 15.3. The van der Waals surface area contributed by atoms with Crippen molar-refractivity contribution in [1.82, 2.24) is 4.90 Å². The van der Waals surface area contributed by atoms with Gasteiger partial charge in [0.05, 0.1) is 36.7 Å². The third-order valence-electron chi connectivity index (χ3n) is 8.89. The molecule has 3 heterocycles. The number of ether oxygens (including phenoxy) is 3. The van der Waals surface area contributed by atoms with Crippen molar-refractivity contribution in [3.05, 3.63) is 66.2 Å². The van der Waals surface area contributed by atoms with Crippen LogP contribution in [0.2, 0.25) is 0 Å².